The molecule has 1 fully saturated rings. The molecule has 0 atom stereocenters. The number of aromatic nitrogens is 3. The molecule has 0 saturated heterocycles. The first kappa shape index (κ1) is 13.8. The maximum Gasteiger partial charge on any atom is 0.273 e. The normalized spacial score (nSPS) is 22.0. The van der Waals surface area contributed by atoms with Crippen molar-refractivity contribution in [3.8, 4) is 5.69 Å². The van der Waals surface area contributed by atoms with Crippen LogP contribution in [-0.4, -0.2) is 38.2 Å². The van der Waals surface area contributed by atoms with Crippen LogP contribution < -0.4 is 5.32 Å². The van der Waals surface area contributed by atoms with Gasteiger partial charge in [-0.2, -0.15) is 0 Å². The second kappa shape index (κ2) is 6.05. The van der Waals surface area contributed by atoms with Gasteiger partial charge < -0.3 is 10.4 Å². The predicted molar refractivity (Wildman–Crippen MR) is 77.1 cm³/mol. The van der Waals surface area contributed by atoms with Gasteiger partial charge in [-0.05, 0) is 37.8 Å². The van der Waals surface area contributed by atoms with Gasteiger partial charge >= 0.3 is 0 Å². The van der Waals surface area contributed by atoms with E-state index in [-0.39, 0.29) is 18.1 Å². The number of aliphatic hydroxyl groups is 1. The van der Waals surface area contributed by atoms with E-state index < -0.39 is 0 Å². The third-order valence-corrected chi connectivity index (χ3v) is 3.78. The van der Waals surface area contributed by atoms with E-state index in [0.717, 1.165) is 31.4 Å². The van der Waals surface area contributed by atoms with Gasteiger partial charge in [0.1, 0.15) is 0 Å². The van der Waals surface area contributed by atoms with Gasteiger partial charge in [-0.25, -0.2) is 4.68 Å². The summed E-state index contributed by atoms with van der Waals surface area (Å²) in [6, 6.07) is 9.65. The van der Waals surface area contributed by atoms with E-state index in [9.17, 15) is 9.90 Å². The van der Waals surface area contributed by atoms with Crippen molar-refractivity contribution < 1.29 is 9.90 Å². The SMILES string of the molecule is O=C(NC1CCC(O)CC1)c1cn(-c2ccccc2)nn1. The summed E-state index contributed by atoms with van der Waals surface area (Å²) in [6.45, 7) is 0. The van der Waals surface area contributed by atoms with Crippen LogP contribution in [0, 0.1) is 0 Å². The minimum absolute atomic E-state index is 0.114. The molecule has 1 aromatic carbocycles. The van der Waals surface area contributed by atoms with E-state index in [4.69, 9.17) is 0 Å². The third kappa shape index (κ3) is 3.28. The number of nitrogens with one attached hydrogen (secondary N) is 1. The van der Waals surface area contributed by atoms with E-state index in [1.54, 1.807) is 10.9 Å². The largest absolute Gasteiger partial charge is 0.393 e. The Morgan fingerprint density at radius 3 is 2.62 bits per heavy atom. The summed E-state index contributed by atoms with van der Waals surface area (Å²) in [5.41, 5.74) is 1.18. The van der Waals surface area contributed by atoms with Crippen molar-refractivity contribution in [2.45, 2.75) is 37.8 Å². The first-order valence-corrected chi connectivity index (χ1v) is 7.19. The maximum absolute atomic E-state index is 12.1. The van der Waals surface area contributed by atoms with Crippen molar-refractivity contribution in [1.82, 2.24) is 20.3 Å². The second-order valence-electron chi connectivity index (χ2n) is 5.36. The second-order valence-corrected chi connectivity index (χ2v) is 5.36. The molecule has 1 heterocycles. The molecule has 1 amide bonds. The lowest BCUT2D eigenvalue weighted by Crippen LogP contribution is -2.38. The molecule has 0 unspecified atom stereocenters. The Hall–Kier alpha value is -2.21. The smallest absolute Gasteiger partial charge is 0.273 e. The number of carbonyl (C=O) groups excluding carboxylic acids is 1. The van der Waals surface area contributed by atoms with E-state index in [0.29, 0.717) is 5.69 Å². The first-order valence-electron chi connectivity index (χ1n) is 7.19. The number of hydrogen-bond acceptors (Lipinski definition) is 4. The van der Waals surface area contributed by atoms with Crippen LogP contribution in [0.3, 0.4) is 0 Å². The molecule has 3 rings (SSSR count). The van der Waals surface area contributed by atoms with Gasteiger partial charge in [0.15, 0.2) is 5.69 Å². The van der Waals surface area contributed by atoms with Crippen LogP contribution in [-0.2, 0) is 0 Å². The van der Waals surface area contributed by atoms with Crippen LogP contribution >= 0.6 is 0 Å². The Labute approximate surface area is 122 Å². The summed E-state index contributed by atoms with van der Waals surface area (Å²) in [5, 5.41) is 20.3. The summed E-state index contributed by atoms with van der Waals surface area (Å²) < 4.78 is 1.58. The molecule has 2 N–H and O–H groups in total. The Morgan fingerprint density at radius 1 is 1.19 bits per heavy atom. The van der Waals surface area contributed by atoms with Crippen molar-refractivity contribution in [3.63, 3.8) is 0 Å². The van der Waals surface area contributed by atoms with Crippen molar-refractivity contribution >= 4 is 5.91 Å². The van der Waals surface area contributed by atoms with Gasteiger partial charge in [0, 0.05) is 6.04 Å². The van der Waals surface area contributed by atoms with Gasteiger partial charge in [0.2, 0.25) is 0 Å². The highest BCUT2D eigenvalue weighted by Gasteiger charge is 2.22. The number of carbonyl (C=O) groups is 1. The maximum atomic E-state index is 12.1. The molecule has 0 aliphatic heterocycles. The minimum atomic E-state index is -0.225. The third-order valence-electron chi connectivity index (χ3n) is 3.78. The molecule has 21 heavy (non-hydrogen) atoms. The standard InChI is InChI=1S/C15H18N4O2/c20-13-8-6-11(7-9-13)16-15(21)14-10-19(18-17-14)12-4-2-1-3-5-12/h1-5,10-11,13,20H,6-9H2,(H,16,21). The van der Waals surface area contributed by atoms with Crippen LogP contribution in [0.25, 0.3) is 5.69 Å². The van der Waals surface area contributed by atoms with Crippen molar-refractivity contribution in [2.75, 3.05) is 0 Å². The van der Waals surface area contributed by atoms with Crippen molar-refractivity contribution in [1.29, 1.82) is 0 Å². The summed E-state index contributed by atoms with van der Waals surface area (Å²) >= 11 is 0. The number of benzene rings is 1. The van der Waals surface area contributed by atoms with Gasteiger partial charge in [0.25, 0.3) is 5.91 Å². The van der Waals surface area contributed by atoms with Gasteiger partial charge in [-0.1, -0.05) is 23.4 Å². The molecule has 2 aromatic rings. The summed E-state index contributed by atoms with van der Waals surface area (Å²) in [6.07, 6.45) is 4.49. The minimum Gasteiger partial charge on any atom is -0.393 e. The number of rotatable bonds is 3. The number of amides is 1. The van der Waals surface area contributed by atoms with Crippen molar-refractivity contribution in [3.05, 3.63) is 42.2 Å². The molecule has 1 aromatic heterocycles. The molecule has 6 heteroatoms. The van der Waals surface area contributed by atoms with Crippen LogP contribution in [0.4, 0.5) is 0 Å². The fraction of sp³-hybridized carbons (Fsp3) is 0.400. The Morgan fingerprint density at radius 2 is 1.90 bits per heavy atom. The van der Waals surface area contributed by atoms with E-state index in [1.165, 1.54) is 0 Å². The Balaban J connectivity index is 1.64. The molecular weight excluding hydrogens is 268 g/mol. The lowest BCUT2D eigenvalue weighted by atomic mass is 9.93. The van der Waals surface area contributed by atoms with Crippen LogP contribution in [0.5, 0.6) is 0 Å². The molecule has 110 valence electrons. The van der Waals surface area contributed by atoms with E-state index in [1.807, 2.05) is 30.3 Å². The van der Waals surface area contributed by atoms with Crippen molar-refractivity contribution in [2.24, 2.45) is 0 Å². The quantitative estimate of drug-likeness (QED) is 0.891. The van der Waals surface area contributed by atoms with Gasteiger partial charge in [0.05, 0.1) is 18.0 Å². The molecule has 1 aliphatic rings. The van der Waals surface area contributed by atoms with Crippen LogP contribution in [0.15, 0.2) is 36.5 Å². The Kier molecular flexibility index (Phi) is 3.96. The molecule has 1 saturated carbocycles. The average molecular weight is 286 g/mol. The highest BCUT2D eigenvalue weighted by molar-refractivity contribution is 5.92. The lowest BCUT2D eigenvalue weighted by molar-refractivity contribution is 0.0863. The molecule has 0 radical (unpaired) electrons. The zero-order chi connectivity index (χ0) is 14.7. The Bertz CT molecular complexity index is 603. The molecule has 0 bridgehead atoms. The zero-order valence-electron chi connectivity index (χ0n) is 11.6. The van der Waals surface area contributed by atoms with Crippen LogP contribution in [0.2, 0.25) is 0 Å². The monoisotopic (exact) mass is 286 g/mol. The highest BCUT2D eigenvalue weighted by Crippen LogP contribution is 2.18. The molecule has 1 aliphatic carbocycles. The lowest BCUT2D eigenvalue weighted by Gasteiger charge is -2.25. The summed E-state index contributed by atoms with van der Waals surface area (Å²) in [5.74, 6) is -0.210. The molecule has 0 spiro atoms. The molecule has 6 nitrogen and oxygen atoms in total. The first-order chi connectivity index (χ1) is 10.2. The molecular formula is C15H18N4O2. The van der Waals surface area contributed by atoms with Gasteiger partial charge in [-0.3, -0.25) is 4.79 Å². The number of nitrogens with zero attached hydrogens (tertiary/aromatic N) is 3. The van der Waals surface area contributed by atoms with Gasteiger partial charge in [-0.15, -0.1) is 5.10 Å². The predicted octanol–water partition coefficient (Wildman–Crippen LogP) is 1.30. The summed E-state index contributed by atoms with van der Waals surface area (Å²) in [4.78, 5) is 12.1. The summed E-state index contributed by atoms with van der Waals surface area (Å²) in [7, 11) is 0. The average Bonchev–Trinajstić information content (AvgIpc) is 3.00. The van der Waals surface area contributed by atoms with Crippen LogP contribution in [0.1, 0.15) is 36.2 Å². The topological polar surface area (TPSA) is 80.0 Å². The number of hydrogen-bond donors (Lipinski definition) is 2. The van der Waals surface area contributed by atoms with E-state index >= 15 is 0 Å². The fourth-order valence-corrected chi connectivity index (χ4v) is 2.55. The number of para-hydroxylation sites is 1. The zero-order valence-corrected chi connectivity index (χ0v) is 11.6. The van der Waals surface area contributed by atoms with E-state index in [2.05, 4.69) is 15.6 Å². The highest BCUT2D eigenvalue weighted by atomic mass is 16.3. The number of aliphatic hydroxyl groups excluding tert-OH is 1. The fourth-order valence-electron chi connectivity index (χ4n) is 2.55.